The predicted octanol–water partition coefficient (Wildman–Crippen LogP) is 2.56. The topological polar surface area (TPSA) is 71.2 Å². The number of carbonyl (C=O) groups excluding carboxylic acids is 1. The Morgan fingerprint density at radius 3 is 2.80 bits per heavy atom. The second-order valence-corrected chi connectivity index (χ2v) is 6.79. The number of carbonyl (C=O) groups is 1. The number of aromatic nitrogens is 1. The molecule has 1 aromatic rings. The first kappa shape index (κ1) is 13.7. The minimum Gasteiger partial charge on any atom is -0.382 e. The van der Waals surface area contributed by atoms with Gasteiger partial charge in [0.25, 0.3) is 5.91 Å². The van der Waals surface area contributed by atoms with Crippen LogP contribution >= 0.6 is 11.3 Å². The molecule has 0 aromatic carbocycles. The summed E-state index contributed by atoms with van der Waals surface area (Å²) in [7, 11) is 0. The maximum atomic E-state index is 12.7. The standard InChI is InChI=1S/C14H22N4OS/c1-2-7-16-14-17-12(15)11(20-14)13(19)18(10-5-6-10)8-9-3-4-9/h9-10H,2-8,15H2,1H3,(H,16,17). The number of thiazole rings is 1. The van der Waals surface area contributed by atoms with Crippen LogP contribution < -0.4 is 11.1 Å². The molecule has 0 unspecified atom stereocenters. The number of nitrogens with two attached hydrogens (primary N) is 1. The van der Waals surface area contributed by atoms with Gasteiger partial charge in [0.1, 0.15) is 10.7 Å². The van der Waals surface area contributed by atoms with Gasteiger partial charge in [0.2, 0.25) is 0 Å². The zero-order chi connectivity index (χ0) is 14.1. The first-order valence-corrected chi connectivity index (χ1v) is 8.31. The minimum atomic E-state index is 0.0824. The van der Waals surface area contributed by atoms with E-state index in [2.05, 4.69) is 17.2 Å². The molecule has 2 fully saturated rings. The number of rotatable bonds is 7. The summed E-state index contributed by atoms with van der Waals surface area (Å²) < 4.78 is 0. The molecule has 0 atom stereocenters. The molecule has 2 aliphatic rings. The third-order valence-electron chi connectivity index (χ3n) is 3.77. The number of amides is 1. The van der Waals surface area contributed by atoms with Crippen molar-refractivity contribution >= 4 is 28.2 Å². The number of hydrogen-bond acceptors (Lipinski definition) is 5. The number of nitrogens with zero attached hydrogens (tertiary/aromatic N) is 2. The highest BCUT2D eigenvalue weighted by Gasteiger charge is 2.38. The van der Waals surface area contributed by atoms with Crippen molar-refractivity contribution in [3.63, 3.8) is 0 Å². The average molecular weight is 294 g/mol. The molecule has 0 bridgehead atoms. The van der Waals surface area contributed by atoms with Crippen LogP contribution in [-0.2, 0) is 0 Å². The van der Waals surface area contributed by atoms with Gasteiger partial charge >= 0.3 is 0 Å². The molecule has 6 heteroatoms. The highest BCUT2D eigenvalue weighted by molar-refractivity contribution is 7.18. The van der Waals surface area contributed by atoms with Crippen molar-refractivity contribution in [1.82, 2.24) is 9.88 Å². The summed E-state index contributed by atoms with van der Waals surface area (Å²) in [6, 6.07) is 0.441. The van der Waals surface area contributed by atoms with Gasteiger partial charge in [0.15, 0.2) is 5.13 Å². The highest BCUT2D eigenvalue weighted by Crippen LogP contribution is 2.37. The number of nitrogen functional groups attached to an aromatic ring is 1. The molecule has 0 saturated heterocycles. The van der Waals surface area contributed by atoms with Gasteiger partial charge < -0.3 is 16.0 Å². The molecule has 1 heterocycles. The van der Waals surface area contributed by atoms with Crippen LogP contribution in [0.15, 0.2) is 0 Å². The Morgan fingerprint density at radius 1 is 1.45 bits per heavy atom. The first-order valence-electron chi connectivity index (χ1n) is 7.50. The third kappa shape index (κ3) is 3.06. The van der Waals surface area contributed by atoms with Gasteiger partial charge in [-0.15, -0.1) is 0 Å². The lowest BCUT2D eigenvalue weighted by molar-refractivity contribution is 0.0740. The molecule has 110 valence electrons. The van der Waals surface area contributed by atoms with Gasteiger partial charge in [-0.1, -0.05) is 18.3 Å². The van der Waals surface area contributed by atoms with E-state index < -0.39 is 0 Å². The lowest BCUT2D eigenvalue weighted by Crippen LogP contribution is -2.34. The molecule has 2 aliphatic carbocycles. The molecule has 1 aromatic heterocycles. The second-order valence-electron chi connectivity index (χ2n) is 5.79. The Kier molecular flexibility index (Phi) is 3.83. The second kappa shape index (κ2) is 5.60. The SMILES string of the molecule is CCCNc1nc(N)c(C(=O)N(CC2CC2)C2CC2)s1. The Balaban J connectivity index is 1.72. The fourth-order valence-electron chi connectivity index (χ4n) is 2.29. The smallest absolute Gasteiger partial charge is 0.268 e. The maximum Gasteiger partial charge on any atom is 0.268 e. The van der Waals surface area contributed by atoms with Gasteiger partial charge in [0.05, 0.1) is 0 Å². The van der Waals surface area contributed by atoms with E-state index in [1.54, 1.807) is 0 Å². The molecule has 3 rings (SSSR count). The van der Waals surface area contributed by atoms with E-state index in [9.17, 15) is 4.79 Å². The van der Waals surface area contributed by atoms with E-state index in [0.29, 0.717) is 22.7 Å². The molecule has 20 heavy (non-hydrogen) atoms. The summed E-state index contributed by atoms with van der Waals surface area (Å²) in [6.45, 7) is 3.86. The fourth-order valence-corrected chi connectivity index (χ4v) is 3.15. The Morgan fingerprint density at radius 2 is 2.20 bits per heavy atom. The van der Waals surface area contributed by atoms with Crippen LogP contribution in [0.3, 0.4) is 0 Å². The zero-order valence-corrected chi connectivity index (χ0v) is 12.7. The number of anilines is 2. The first-order chi connectivity index (χ1) is 9.69. The van der Waals surface area contributed by atoms with Crippen LogP contribution in [-0.4, -0.2) is 34.9 Å². The van der Waals surface area contributed by atoms with Crippen LogP contribution in [0, 0.1) is 5.92 Å². The summed E-state index contributed by atoms with van der Waals surface area (Å²) >= 11 is 1.39. The van der Waals surface area contributed by atoms with Gasteiger partial charge in [-0.2, -0.15) is 0 Å². The monoisotopic (exact) mass is 294 g/mol. The van der Waals surface area contributed by atoms with E-state index in [-0.39, 0.29) is 5.91 Å². The Labute approximate surface area is 123 Å². The van der Waals surface area contributed by atoms with Crippen LogP contribution in [0.5, 0.6) is 0 Å². The molecule has 0 aliphatic heterocycles. The third-order valence-corrected chi connectivity index (χ3v) is 4.79. The van der Waals surface area contributed by atoms with Crippen LogP contribution in [0.25, 0.3) is 0 Å². The molecule has 0 spiro atoms. The van der Waals surface area contributed by atoms with Crippen molar-refractivity contribution in [2.75, 3.05) is 24.1 Å². The van der Waals surface area contributed by atoms with Crippen molar-refractivity contribution < 1.29 is 4.79 Å². The van der Waals surface area contributed by atoms with Gasteiger partial charge in [-0.25, -0.2) is 4.98 Å². The van der Waals surface area contributed by atoms with Crippen molar-refractivity contribution in [3.8, 4) is 0 Å². The zero-order valence-electron chi connectivity index (χ0n) is 11.9. The summed E-state index contributed by atoms with van der Waals surface area (Å²) in [6.07, 6.45) is 5.82. The number of nitrogens with one attached hydrogen (secondary N) is 1. The van der Waals surface area contributed by atoms with Gasteiger partial charge in [-0.05, 0) is 38.0 Å². The van der Waals surface area contributed by atoms with Crippen molar-refractivity contribution in [2.45, 2.75) is 45.1 Å². The average Bonchev–Trinajstić information content (AvgIpc) is 3.32. The quantitative estimate of drug-likeness (QED) is 0.811. The lowest BCUT2D eigenvalue weighted by Gasteiger charge is -2.21. The summed E-state index contributed by atoms with van der Waals surface area (Å²) in [5, 5.41) is 3.96. The molecule has 1 amide bonds. The summed E-state index contributed by atoms with van der Waals surface area (Å²) in [4.78, 5) is 19.6. The van der Waals surface area contributed by atoms with E-state index in [1.807, 2.05) is 4.90 Å². The normalized spacial score (nSPS) is 18.1. The molecule has 3 N–H and O–H groups in total. The Bertz CT molecular complexity index is 493. The largest absolute Gasteiger partial charge is 0.382 e. The van der Waals surface area contributed by atoms with Crippen molar-refractivity contribution in [1.29, 1.82) is 0 Å². The van der Waals surface area contributed by atoms with E-state index in [1.165, 1.54) is 24.2 Å². The maximum absolute atomic E-state index is 12.7. The lowest BCUT2D eigenvalue weighted by atomic mass is 10.3. The van der Waals surface area contributed by atoms with Crippen LogP contribution in [0.1, 0.15) is 48.7 Å². The summed E-state index contributed by atoms with van der Waals surface area (Å²) in [5.41, 5.74) is 5.93. The number of hydrogen-bond donors (Lipinski definition) is 2. The van der Waals surface area contributed by atoms with Gasteiger partial charge in [-0.3, -0.25) is 4.79 Å². The molecular formula is C14H22N4OS. The fraction of sp³-hybridized carbons (Fsp3) is 0.714. The predicted molar refractivity (Wildman–Crippen MR) is 82.1 cm³/mol. The highest BCUT2D eigenvalue weighted by atomic mass is 32.1. The van der Waals surface area contributed by atoms with E-state index >= 15 is 0 Å². The van der Waals surface area contributed by atoms with E-state index in [0.717, 1.165) is 37.5 Å². The van der Waals surface area contributed by atoms with Gasteiger partial charge in [0, 0.05) is 19.1 Å². The Hall–Kier alpha value is -1.30. The minimum absolute atomic E-state index is 0.0824. The van der Waals surface area contributed by atoms with Crippen molar-refractivity contribution in [3.05, 3.63) is 4.88 Å². The van der Waals surface area contributed by atoms with Crippen molar-refractivity contribution in [2.24, 2.45) is 5.92 Å². The van der Waals surface area contributed by atoms with Crippen LogP contribution in [0.4, 0.5) is 10.9 Å². The summed E-state index contributed by atoms with van der Waals surface area (Å²) in [5.74, 6) is 1.17. The van der Waals surface area contributed by atoms with E-state index in [4.69, 9.17) is 5.73 Å². The van der Waals surface area contributed by atoms with Crippen LogP contribution in [0.2, 0.25) is 0 Å². The molecule has 0 radical (unpaired) electrons. The molecule has 2 saturated carbocycles. The molecular weight excluding hydrogens is 272 g/mol. The molecule has 5 nitrogen and oxygen atoms in total.